The molecule has 1 aromatic carbocycles. The standard InChI is InChI=1S/C22H35NO/c1-16(2)18-9-11-21(12-10-18)22(3,24)15-23-14-17-7-8-19-5-4-6-20(19)13-17/h7-8,13,16,18,21,23-24H,4-6,9-12,14-15H2,1-3H3. The van der Waals surface area contributed by atoms with Crippen LogP contribution in [0.1, 0.15) is 69.6 Å². The molecule has 0 aliphatic heterocycles. The van der Waals surface area contributed by atoms with Gasteiger partial charge in [0.15, 0.2) is 0 Å². The lowest BCUT2D eigenvalue weighted by Gasteiger charge is -2.39. The van der Waals surface area contributed by atoms with Crippen molar-refractivity contribution in [2.75, 3.05) is 6.54 Å². The van der Waals surface area contributed by atoms with Gasteiger partial charge in [-0.3, -0.25) is 0 Å². The minimum atomic E-state index is -0.585. The molecular formula is C22H35NO. The first-order chi connectivity index (χ1) is 11.5. The highest BCUT2D eigenvalue weighted by Crippen LogP contribution is 2.38. The van der Waals surface area contributed by atoms with Gasteiger partial charge in [-0.2, -0.15) is 0 Å². The van der Waals surface area contributed by atoms with Crippen molar-refractivity contribution in [3.05, 3.63) is 34.9 Å². The van der Waals surface area contributed by atoms with Crippen LogP contribution < -0.4 is 5.32 Å². The third-order valence-corrected chi connectivity index (χ3v) is 6.57. The van der Waals surface area contributed by atoms with E-state index in [0.29, 0.717) is 12.5 Å². The first-order valence-corrected chi connectivity index (χ1v) is 9.99. The molecule has 2 nitrogen and oxygen atoms in total. The molecule has 0 aromatic heterocycles. The molecule has 2 aliphatic carbocycles. The second-order valence-electron chi connectivity index (χ2n) is 8.77. The fraction of sp³-hybridized carbons (Fsp3) is 0.727. The van der Waals surface area contributed by atoms with Gasteiger partial charge in [0, 0.05) is 13.1 Å². The molecule has 1 saturated carbocycles. The summed E-state index contributed by atoms with van der Waals surface area (Å²) in [6.07, 6.45) is 8.70. The van der Waals surface area contributed by atoms with Crippen molar-refractivity contribution >= 4 is 0 Å². The Hall–Kier alpha value is -0.860. The van der Waals surface area contributed by atoms with E-state index in [9.17, 15) is 5.11 Å². The molecule has 0 bridgehead atoms. The fourth-order valence-corrected chi connectivity index (χ4v) is 4.75. The smallest absolute Gasteiger partial charge is 0.0771 e. The van der Waals surface area contributed by atoms with E-state index in [-0.39, 0.29) is 0 Å². The molecule has 1 atom stereocenters. The van der Waals surface area contributed by atoms with Gasteiger partial charge in [0.2, 0.25) is 0 Å². The zero-order valence-electron chi connectivity index (χ0n) is 15.8. The summed E-state index contributed by atoms with van der Waals surface area (Å²) in [4.78, 5) is 0. The monoisotopic (exact) mass is 329 g/mol. The molecule has 134 valence electrons. The van der Waals surface area contributed by atoms with Crippen molar-refractivity contribution in [1.29, 1.82) is 0 Å². The SMILES string of the molecule is CC(C)C1CCC(C(C)(O)CNCc2ccc3c(c2)CCC3)CC1. The summed E-state index contributed by atoms with van der Waals surface area (Å²) in [6, 6.07) is 6.91. The van der Waals surface area contributed by atoms with E-state index >= 15 is 0 Å². The van der Waals surface area contributed by atoms with Crippen LogP contribution in [0.5, 0.6) is 0 Å². The van der Waals surface area contributed by atoms with Crippen LogP contribution in [0, 0.1) is 17.8 Å². The highest BCUT2D eigenvalue weighted by molar-refractivity contribution is 5.35. The Morgan fingerprint density at radius 2 is 1.83 bits per heavy atom. The van der Waals surface area contributed by atoms with Gasteiger partial charge in [-0.25, -0.2) is 0 Å². The number of fused-ring (bicyclic) bond motifs is 1. The number of hydrogen-bond donors (Lipinski definition) is 2. The molecular weight excluding hydrogens is 294 g/mol. The summed E-state index contributed by atoms with van der Waals surface area (Å²) in [5.41, 5.74) is 3.84. The second kappa shape index (κ2) is 7.58. The molecule has 2 N–H and O–H groups in total. The highest BCUT2D eigenvalue weighted by atomic mass is 16.3. The van der Waals surface area contributed by atoms with Crippen molar-refractivity contribution < 1.29 is 5.11 Å². The molecule has 24 heavy (non-hydrogen) atoms. The van der Waals surface area contributed by atoms with E-state index in [1.165, 1.54) is 61.6 Å². The molecule has 1 aromatic rings. The largest absolute Gasteiger partial charge is 0.389 e. The first-order valence-electron chi connectivity index (χ1n) is 9.99. The number of rotatable bonds is 6. The van der Waals surface area contributed by atoms with E-state index in [1.807, 2.05) is 6.92 Å². The van der Waals surface area contributed by atoms with Crippen molar-refractivity contribution in [2.45, 2.75) is 77.9 Å². The van der Waals surface area contributed by atoms with Gasteiger partial charge in [0.25, 0.3) is 0 Å². The minimum Gasteiger partial charge on any atom is -0.389 e. The van der Waals surface area contributed by atoms with Gasteiger partial charge in [-0.05, 0) is 86.3 Å². The predicted octanol–water partition coefficient (Wildman–Crippen LogP) is 4.48. The Morgan fingerprint density at radius 3 is 2.54 bits per heavy atom. The van der Waals surface area contributed by atoms with Gasteiger partial charge in [0.05, 0.1) is 5.60 Å². The quantitative estimate of drug-likeness (QED) is 0.806. The van der Waals surface area contributed by atoms with E-state index in [0.717, 1.165) is 18.4 Å². The number of benzene rings is 1. The molecule has 0 radical (unpaired) electrons. The maximum absolute atomic E-state index is 10.9. The van der Waals surface area contributed by atoms with Crippen LogP contribution in [0.15, 0.2) is 18.2 Å². The molecule has 2 heteroatoms. The van der Waals surface area contributed by atoms with Gasteiger partial charge in [-0.1, -0.05) is 32.0 Å². The van der Waals surface area contributed by atoms with Gasteiger partial charge in [-0.15, -0.1) is 0 Å². The van der Waals surface area contributed by atoms with Crippen LogP contribution in [-0.2, 0) is 19.4 Å². The van der Waals surface area contributed by atoms with Crippen LogP contribution >= 0.6 is 0 Å². The molecule has 0 amide bonds. The lowest BCUT2D eigenvalue weighted by Crippen LogP contribution is -2.45. The van der Waals surface area contributed by atoms with Gasteiger partial charge >= 0.3 is 0 Å². The Kier molecular flexibility index (Phi) is 5.66. The van der Waals surface area contributed by atoms with E-state index in [2.05, 4.69) is 37.4 Å². The minimum absolute atomic E-state index is 0.444. The van der Waals surface area contributed by atoms with Crippen LogP contribution in [-0.4, -0.2) is 17.3 Å². The molecule has 0 heterocycles. The Bertz CT molecular complexity index is 541. The summed E-state index contributed by atoms with van der Waals surface area (Å²) < 4.78 is 0. The number of nitrogens with one attached hydrogen (secondary N) is 1. The second-order valence-corrected chi connectivity index (χ2v) is 8.77. The van der Waals surface area contributed by atoms with Gasteiger partial charge in [0.1, 0.15) is 0 Å². The number of hydrogen-bond acceptors (Lipinski definition) is 2. The molecule has 2 aliphatic rings. The Balaban J connectivity index is 1.47. The van der Waals surface area contributed by atoms with Crippen molar-refractivity contribution in [3.8, 4) is 0 Å². The van der Waals surface area contributed by atoms with Crippen LogP contribution in [0.2, 0.25) is 0 Å². The average Bonchev–Trinajstić information content (AvgIpc) is 3.02. The van der Waals surface area contributed by atoms with Crippen LogP contribution in [0.25, 0.3) is 0 Å². The lowest BCUT2D eigenvalue weighted by atomic mass is 9.71. The first kappa shape index (κ1) is 17.9. The maximum Gasteiger partial charge on any atom is 0.0771 e. The summed E-state index contributed by atoms with van der Waals surface area (Å²) in [7, 11) is 0. The predicted molar refractivity (Wildman–Crippen MR) is 101 cm³/mol. The zero-order chi connectivity index (χ0) is 17.2. The van der Waals surface area contributed by atoms with Crippen LogP contribution in [0.4, 0.5) is 0 Å². The third kappa shape index (κ3) is 4.21. The van der Waals surface area contributed by atoms with Crippen molar-refractivity contribution in [1.82, 2.24) is 5.32 Å². The maximum atomic E-state index is 10.9. The molecule has 1 unspecified atom stereocenters. The zero-order valence-corrected chi connectivity index (χ0v) is 15.8. The molecule has 3 rings (SSSR count). The molecule has 0 saturated heterocycles. The fourth-order valence-electron chi connectivity index (χ4n) is 4.75. The Labute approximate surface area is 148 Å². The average molecular weight is 330 g/mol. The summed E-state index contributed by atoms with van der Waals surface area (Å²) >= 11 is 0. The molecule has 0 spiro atoms. The summed E-state index contributed by atoms with van der Waals surface area (Å²) in [5, 5.41) is 14.4. The van der Waals surface area contributed by atoms with E-state index in [1.54, 1.807) is 0 Å². The topological polar surface area (TPSA) is 32.3 Å². The van der Waals surface area contributed by atoms with E-state index in [4.69, 9.17) is 0 Å². The summed E-state index contributed by atoms with van der Waals surface area (Å²) in [6.45, 7) is 8.26. The van der Waals surface area contributed by atoms with Crippen molar-refractivity contribution in [3.63, 3.8) is 0 Å². The van der Waals surface area contributed by atoms with Crippen LogP contribution in [0.3, 0.4) is 0 Å². The number of aliphatic hydroxyl groups is 1. The lowest BCUT2D eigenvalue weighted by molar-refractivity contribution is -0.0240. The summed E-state index contributed by atoms with van der Waals surface area (Å²) in [5.74, 6) is 2.09. The normalized spacial score (nSPS) is 26.4. The third-order valence-electron chi connectivity index (χ3n) is 6.57. The van der Waals surface area contributed by atoms with Crippen molar-refractivity contribution in [2.24, 2.45) is 17.8 Å². The number of aryl methyl sites for hydroxylation is 2. The van der Waals surface area contributed by atoms with Gasteiger partial charge < -0.3 is 10.4 Å². The highest BCUT2D eigenvalue weighted by Gasteiger charge is 2.35. The van der Waals surface area contributed by atoms with E-state index < -0.39 is 5.60 Å². The molecule has 1 fully saturated rings. The Morgan fingerprint density at radius 1 is 1.12 bits per heavy atom.